The molecular formula is C46H63N2NaO7S2. The molecule has 2 aliphatic heterocycles. The van der Waals surface area contributed by atoms with E-state index >= 15 is 0 Å². The summed E-state index contributed by atoms with van der Waals surface area (Å²) in [7, 11) is 0. The van der Waals surface area contributed by atoms with Crippen LogP contribution in [0.15, 0.2) is 94.7 Å². The number of carboxylic acid groups (broad SMARTS) is 1. The number of aliphatic carboxylic acids is 1. The zero-order chi connectivity index (χ0) is 40.7. The predicted molar refractivity (Wildman–Crippen MR) is 233 cm³/mol. The number of carboxylic acids is 1. The second kappa shape index (κ2) is 25.0. The van der Waals surface area contributed by atoms with Crippen LogP contribution < -0.4 is 41.2 Å². The van der Waals surface area contributed by atoms with Gasteiger partial charge >= 0.3 is 35.5 Å². The molecule has 0 unspecified atom stereocenters. The maximum Gasteiger partial charge on any atom is 1.00 e. The Hall–Kier alpha value is -2.87. The number of rotatable bonds is 15. The van der Waals surface area contributed by atoms with E-state index in [-0.39, 0.29) is 58.0 Å². The number of unbranched alkanes of at least 4 members (excludes halogenated alkanes) is 7. The summed E-state index contributed by atoms with van der Waals surface area (Å²) in [6.07, 6.45) is 12.6. The molecule has 9 nitrogen and oxygen atoms in total. The summed E-state index contributed by atoms with van der Waals surface area (Å²) in [6.45, 7) is 6.90. The molecule has 4 aromatic rings. The van der Waals surface area contributed by atoms with Crippen molar-refractivity contribution in [2.75, 3.05) is 11.5 Å². The van der Waals surface area contributed by atoms with Crippen LogP contribution in [0.3, 0.4) is 0 Å². The number of phenols is 4. The first kappa shape index (κ1) is 51.3. The maximum atomic E-state index is 10.7. The molecule has 0 aliphatic carbocycles. The second-order valence-corrected chi connectivity index (χ2v) is 17.6. The Bertz CT molecular complexity index is 1830. The number of aromatic hydroxyl groups is 4. The van der Waals surface area contributed by atoms with E-state index in [4.69, 9.17) is 5.11 Å². The van der Waals surface area contributed by atoms with Gasteiger partial charge in [0, 0.05) is 38.5 Å². The first-order valence-corrected chi connectivity index (χ1v) is 22.0. The molecule has 0 spiro atoms. The minimum atomic E-state index is -0.724. The van der Waals surface area contributed by atoms with E-state index in [1.165, 1.54) is 65.7 Å². The van der Waals surface area contributed by atoms with Gasteiger partial charge in [0.1, 0.15) is 23.0 Å². The van der Waals surface area contributed by atoms with E-state index in [2.05, 4.69) is 50.7 Å². The Labute approximate surface area is 376 Å². The van der Waals surface area contributed by atoms with Gasteiger partial charge in [0.15, 0.2) is 0 Å². The topological polar surface area (TPSA) is 200 Å². The summed E-state index contributed by atoms with van der Waals surface area (Å²) in [4.78, 5) is 13.0. The fraction of sp³-hybridized carbons (Fsp3) is 0.457. The van der Waals surface area contributed by atoms with Crippen LogP contribution in [0.4, 0.5) is 0 Å². The van der Waals surface area contributed by atoms with Crippen molar-refractivity contribution in [3.8, 4) is 23.0 Å². The summed E-state index contributed by atoms with van der Waals surface area (Å²) in [5.41, 5.74) is 5.11. The molecule has 2 heterocycles. The van der Waals surface area contributed by atoms with Crippen LogP contribution >= 0.6 is 23.5 Å². The van der Waals surface area contributed by atoms with Crippen molar-refractivity contribution in [1.82, 2.24) is 0 Å². The molecule has 12 heteroatoms. The van der Waals surface area contributed by atoms with Gasteiger partial charge in [0.25, 0.3) is 0 Å². The Morgan fingerprint density at radius 2 is 0.966 bits per heavy atom. The van der Waals surface area contributed by atoms with Crippen LogP contribution in [0.5, 0.6) is 23.0 Å². The minimum absolute atomic E-state index is 0. The Morgan fingerprint density at radius 1 is 0.603 bits per heavy atom. The zero-order valence-corrected chi connectivity index (χ0v) is 38.3. The molecule has 0 bridgehead atoms. The SMILES string of the molecule is CCCCCCC[C@@H]1c2ccc(O)cc2SC[C@]1(C)c1ccc(O)cc1.C[C@]1(c2ccc(O)cc2)CSc2cc(O)ccc2[C@H]1CCCCCCC(=O)O.NN.[Na+].[OH-]. The summed E-state index contributed by atoms with van der Waals surface area (Å²) < 4.78 is 0. The van der Waals surface area contributed by atoms with Gasteiger partial charge < -0.3 is 31.0 Å². The third-order valence-electron chi connectivity index (χ3n) is 11.6. The molecule has 0 aromatic heterocycles. The van der Waals surface area contributed by atoms with Crippen LogP contribution in [0.25, 0.3) is 0 Å². The van der Waals surface area contributed by atoms with Crippen molar-refractivity contribution in [3.63, 3.8) is 0 Å². The van der Waals surface area contributed by atoms with E-state index in [1.54, 1.807) is 42.1 Å². The number of fused-ring (bicyclic) bond motifs is 2. The van der Waals surface area contributed by atoms with Crippen LogP contribution in [0.1, 0.15) is 132 Å². The van der Waals surface area contributed by atoms with E-state index in [1.807, 2.05) is 48.2 Å². The fourth-order valence-corrected chi connectivity index (χ4v) is 11.2. The number of thioether (sulfide) groups is 2. The van der Waals surface area contributed by atoms with Crippen LogP contribution in [0.2, 0.25) is 0 Å². The summed E-state index contributed by atoms with van der Waals surface area (Å²) in [6, 6.07) is 26.8. The van der Waals surface area contributed by atoms with Crippen LogP contribution in [-0.2, 0) is 15.6 Å². The van der Waals surface area contributed by atoms with Gasteiger partial charge in [0.2, 0.25) is 0 Å². The molecule has 0 fully saturated rings. The first-order valence-electron chi connectivity index (χ1n) is 20.0. The van der Waals surface area contributed by atoms with Gasteiger partial charge in [-0.3, -0.25) is 16.5 Å². The van der Waals surface area contributed by atoms with Crippen molar-refractivity contribution in [2.45, 2.75) is 130 Å². The average Bonchev–Trinajstić information content (AvgIpc) is 3.19. The number of hydrogen-bond donors (Lipinski definition) is 7. The van der Waals surface area contributed by atoms with E-state index < -0.39 is 5.97 Å². The molecule has 2 aliphatic rings. The summed E-state index contributed by atoms with van der Waals surface area (Å²) >= 11 is 3.61. The van der Waals surface area contributed by atoms with Gasteiger partial charge in [-0.1, -0.05) is 109 Å². The quantitative estimate of drug-likeness (QED) is 0.0265. The Balaban J connectivity index is 0.000000372. The van der Waals surface area contributed by atoms with E-state index in [9.17, 15) is 25.2 Å². The number of hydrogen-bond acceptors (Lipinski definition) is 10. The number of carbonyl (C=O) groups is 1. The Morgan fingerprint density at radius 3 is 1.34 bits per heavy atom. The fourth-order valence-electron chi connectivity index (χ4n) is 8.35. The van der Waals surface area contributed by atoms with Gasteiger partial charge in [-0.15, -0.1) is 23.5 Å². The first-order chi connectivity index (χ1) is 26.9. The molecule has 10 N–H and O–H groups in total. The molecule has 0 saturated carbocycles. The third kappa shape index (κ3) is 13.6. The molecule has 0 amide bonds. The van der Waals surface area contributed by atoms with Crippen LogP contribution in [-0.4, -0.2) is 48.5 Å². The second-order valence-electron chi connectivity index (χ2n) is 15.6. The maximum absolute atomic E-state index is 10.7. The Kier molecular flexibility index (Phi) is 22.1. The third-order valence-corrected chi connectivity index (χ3v) is 14.4. The van der Waals surface area contributed by atoms with Gasteiger partial charge in [-0.05, 0) is 102 Å². The molecule has 312 valence electrons. The van der Waals surface area contributed by atoms with Crippen LogP contribution in [0, 0.1) is 0 Å². The molecular weight excluding hydrogens is 780 g/mol. The van der Waals surface area contributed by atoms with E-state index in [0.29, 0.717) is 29.1 Å². The molecule has 58 heavy (non-hydrogen) atoms. The van der Waals surface area contributed by atoms with Gasteiger partial charge in [-0.25, -0.2) is 0 Å². The van der Waals surface area contributed by atoms with E-state index in [0.717, 1.165) is 48.5 Å². The summed E-state index contributed by atoms with van der Waals surface area (Å²) in [5, 5.41) is 47.9. The number of hydrazine groups is 1. The number of benzene rings is 4. The van der Waals surface area contributed by atoms with Crippen molar-refractivity contribution in [1.29, 1.82) is 0 Å². The van der Waals surface area contributed by atoms with Gasteiger partial charge in [-0.2, -0.15) is 0 Å². The van der Waals surface area contributed by atoms with Gasteiger partial charge in [0.05, 0.1) is 0 Å². The summed E-state index contributed by atoms with van der Waals surface area (Å²) in [5.74, 6) is 11.2. The van der Waals surface area contributed by atoms with Crippen molar-refractivity contribution in [2.24, 2.45) is 11.7 Å². The number of phenolic OH excluding ortho intramolecular Hbond substituents is 4. The molecule has 0 radical (unpaired) electrons. The number of nitrogens with two attached hydrogens (primary N) is 2. The normalized spacial score (nSPS) is 20.3. The largest absolute Gasteiger partial charge is 1.00 e. The standard InChI is InChI=1S/C23H28O4S.C23H30O2S.H4N2.Na.H2O/c1-23(16-8-10-17(24)11-9-16)15-28-21-14-18(25)12-13-19(21)20(23)6-4-2-3-5-7-22(26)27;1-3-4-5-6-7-8-21-20-14-13-19(25)15-22(20)26-16-23(21,2)17-9-11-18(24)12-10-17;1-2;;/h8-14,20,24-25H,2-7,15H2,1H3,(H,26,27);9-15,21,24-25H,3-8,16H2,1-2H3;1-2H2;;1H2/q;;;+1;/p-1/t20-,23-;21-,23-;;;/m11.../s1. The van der Waals surface area contributed by atoms with Crippen molar-refractivity contribution >= 4 is 29.5 Å². The molecule has 4 aromatic carbocycles. The molecule has 4 atom stereocenters. The van der Waals surface area contributed by atoms with Crippen molar-refractivity contribution < 1.29 is 65.4 Å². The van der Waals surface area contributed by atoms with Crippen molar-refractivity contribution in [3.05, 3.63) is 107 Å². The minimum Gasteiger partial charge on any atom is -0.870 e. The average molecular weight is 843 g/mol. The monoisotopic (exact) mass is 842 g/mol. The predicted octanol–water partition coefficient (Wildman–Crippen LogP) is 7.92. The smallest absolute Gasteiger partial charge is 0.870 e. The molecule has 6 rings (SSSR count). The molecule has 0 saturated heterocycles. The zero-order valence-electron chi connectivity index (χ0n) is 34.7.